The van der Waals surface area contributed by atoms with Crippen LogP contribution in [0, 0.1) is 27.7 Å². The molecule has 1 saturated heterocycles. The number of carbonyl (C=O) groups is 1. The molecule has 2 heterocycles. The van der Waals surface area contributed by atoms with Gasteiger partial charge in [0.25, 0.3) is 5.91 Å². The standard InChI is InChI=1S/C25H28N2O2/c1-15-7-9-19(10-8-15)24-18(4)22(25(28)26-14-20-6-5-11-29-20)21-13-16(2)12-17(3)23(21)27-24/h7-10,12-13,20H,5-6,11,14H2,1-4H3,(H,26,28). The number of aromatic nitrogens is 1. The normalized spacial score (nSPS) is 16.3. The average Bonchev–Trinajstić information content (AvgIpc) is 3.20. The Morgan fingerprint density at radius 1 is 1.10 bits per heavy atom. The summed E-state index contributed by atoms with van der Waals surface area (Å²) in [6.45, 7) is 9.52. The maximum absolute atomic E-state index is 13.3. The highest BCUT2D eigenvalue weighted by Crippen LogP contribution is 2.32. The van der Waals surface area contributed by atoms with Gasteiger partial charge in [-0.25, -0.2) is 4.98 Å². The van der Waals surface area contributed by atoms with Crippen LogP contribution < -0.4 is 5.32 Å². The third-order valence-electron chi connectivity index (χ3n) is 5.73. The molecule has 1 N–H and O–H groups in total. The van der Waals surface area contributed by atoms with Crippen molar-refractivity contribution in [1.29, 1.82) is 0 Å². The molecule has 1 atom stereocenters. The van der Waals surface area contributed by atoms with E-state index in [9.17, 15) is 4.79 Å². The number of carbonyl (C=O) groups excluding carboxylic acids is 1. The molecule has 2 aromatic carbocycles. The molecule has 1 aliphatic rings. The van der Waals surface area contributed by atoms with E-state index < -0.39 is 0 Å². The lowest BCUT2D eigenvalue weighted by molar-refractivity contribution is 0.0858. The number of rotatable bonds is 4. The topological polar surface area (TPSA) is 51.2 Å². The van der Waals surface area contributed by atoms with Crippen molar-refractivity contribution in [3.63, 3.8) is 0 Å². The van der Waals surface area contributed by atoms with Crippen LogP contribution in [0.15, 0.2) is 36.4 Å². The van der Waals surface area contributed by atoms with Gasteiger partial charge in [-0.1, -0.05) is 41.5 Å². The number of pyridine rings is 1. The van der Waals surface area contributed by atoms with Crippen LogP contribution in [0.2, 0.25) is 0 Å². The van der Waals surface area contributed by atoms with E-state index in [1.807, 2.05) is 6.92 Å². The van der Waals surface area contributed by atoms with E-state index in [0.29, 0.717) is 6.54 Å². The average molecular weight is 389 g/mol. The van der Waals surface area contributed by atoms with Crippen molar-refractivity contribution in [3.8, 4) is 11.3 Å². The zero-order valence-corrected chi connectivity index (χ0v) is 17.6. The Morgan fingerprint density at radius 2 is 1.86 bits per heavy atom. The van der Waals surface area contributed by atoms with Crippen LogP contribution in [0.4, 0.5) is 0 Å². The van der Waals surface area contributed by atoms with E-state index in [0.717, 1.165) is 63.9 Å². The lowest BCUT2D eigenvalue weighted by atomic mass is 9.94. The van der Waals surface area contributed by atoms with Crippen molar-refractivity contribution in [2.24, 2.45) is 0 Å². The molecule has 1 amide bonds. The van der Waals surface area contributed by atoms with Gasteiger partial charge in [0.15, 0.2) is 0 Å². The molecule has 0 radical (unpaired) electrons. The zero-order chi connectivity index (χ0) is 20.5. The molecule has 1 aliphatic heterocycles. The molecule has 4 heteroatoms. The summed E-state index contributed by atoms with van der Waals surface area (Å²) in [5.74, 6) is -0.0521. The summed E-state index contributed by atoms with van der Waals surface area (Å²) in [6, 6.07) is 12.5. The van der Waals surface area contributed by atoms with Crippen molar-refractivity contribution in [3.05, 3.63) is 64.2 Å². The quantitative estimate of drug-likeness (QED) is 0.681. The summed E-state index contributed by atoms with van der Waals surface area (Å²) in [4.78, 5) is 18.3. The number of fused-ring (bicyclic) bond motifs is 1. The van der Waals surface area contributed by atoms with Crippen molar-refractivity contribution >= 4 is 16.8 Å². The van der Waals surface area contributed by atoms with Gasteiger partial charge in [0, 0.05) is 24.1 Å². The van der Waals surface area contributed by atoms with Gasteiger partial charge in [0.2, 0.25) is 0 Å². The van der Waals surface area contributed by atoms with E-state index in [-0.39, 0.29) is 12.0 Å². The fourth-order valence-corrected chi connectivity index (χ4v) is 4.20. The Labute approximate surface area is 172 Å². The van der Waals surface area contributed by atoms with Gasteiger partial charge in [0.05, 0.1) is 22.9 Å². The third kappa shape index (κ3) is 3.90. The molecule has 0 spiro atoms. The van der Waals surface area contributed by atoms with E-state index in [1.165, 1.54) is 5.56 Å². The number of nitrogens with one attached hydrogen (secondary N) is 1. The molecule has 3 aromatic rings. The van der Waals surface area contributed by atoms with Crippen LogP contribution in [0.1, 0.15) is 45.5 Å². The molecule has 29 heavy (non-hydrogen) atoms. The van der Waals surface area contributed by atoms with Crippen molar-refractivity contribution in [2.75, 3.05) is 13.2 Å². The molecule has 0 bridgehead atoms. The predicted molar refractivity (Wildman–Crippen MR) is 117 cm³/mol. The van der Waals surface area contributed by atoms with E-state index in [4.69, 9.17) is 9.72 Å². The van der Waals surface area contributed by atoms with Crippen LogP contribution in [0.3, 0.4) is 0 Å². The lowest BCUT2D eigenvalue weighted by Crippen LogP contribution is -2.32. The van der Waals surface area contributed by atoms with Crippen LogP contribution in [-0.4, -0.2) is 30.1 Å². The second-order valence-electron chi connectivity index (χ2n) is 8.15. The van der Waals surface area contributed by atoms with Crippen LogP contribution in [-0.2, 0) is 4.74 Å². The fourth-order valence-electron chi connectivity index (χ4n) is 4.20. The minimum atomic E-state index is -0.0521. The Hall–Kier alpha value is -2.72. The molecule has 150 valence electrons. The lowest BCUT2D eigenvalue weighted by Gasteiger charge is -2.17. The maximum Gasteiger partial charge on any atom is 0.252 e. The van der Waals surface area contributed by atoms with Crippen LogP contribution in [0.5, 0.6) is 0 Å². The summed E-state index contributed by atoms with van der Waals surface area (Å²) in [5, 5.41) is 4.03. The minimum Gasteiger partial charge on any atom is -0.376 e. The molecular formula is C25H28N2O2. The molecule has 4 rings (SSSR count). The molecule has 4 nitrogen and oxygen atoms in total. The van der Waals surface area contributed by atoms with Crippen molar-refractivity contribution in [1.82, 2.24) is 10.3 Å². The molecular weight excluding hydrogens is 360 g/mol. The molecule has 0 saturated carbocycles. The predicted octanol–water partition coefficient (Wildman–Crippen LogP) is 5.04. The van der Waals surface area contributed by atoms with E-state index in [1.54, 1.807) is 0 Å². The molecule has 1 unspecified atom stereocenters. The number of nitrogens with zero attached hydrogens (tertiary/aromatic N) is 1. The number of hydrogen-bond donors (Lipinski definition) is 1. The second-order valence-corrected chi connectivity index (χ2v) is 8.15. The fraction of sp³-hybridized carbons (Fsp3) is 0.360. The number of aryl methyl sites for hydroxylation is 3. The van der Waals surface area contributed by atoms with Crippen LogP contribution in [0.25, 0.3) is 22.2 Å². The number of ether oxygens (including phenoxy) is 1. The largest absolute Gasteiger partial charge is 0.376 e. The van der Waals surface area contributed by atoms with E-state index in [2.05, 4.69) is 62.5 Å². The van der Waals surface area contributed by atoms with E-state index >= 15 is 0 Å². The molecule has 0 aliphatic carbocycles. The highest BCUT2D eigenvalue weighted by Gasteiger charge is 2.22. The van der Waals surface area contributed by atoms with Gasteiger partial charge in [-0.3, -0.25) is 4.79 Å². The smallest absolute Gasteiger partial charge is 0.252 e. The highest BCUT2D eigenvalue weighted by molar-refractivity contribution is 6.09. The van der Waals surface area contributed by atoms with Gasteiger partial charge in [-0.05, 0) is 57.7 Å². The maximum atomic E-state index is 13.3. The Bertz CT molecular complexity index is 1060. The van der Waals surface area contributed by atoms with Gasteiger partial charge in [-0.2, -0.15) is 0 Å². The number of amides is 1. The van der Waals surface area contributed by atoms with Gasteiger partial charge in [0.1, 0.15) is 0 Å². The van der Waals surface area contributed by atoms with Gasteiger partial charge < -0.3 is 10.1 Å². The Kier molecular flexibility index (Phi) is 5.37. The third-order valence-corrected chi connectivity index (χ3v) is 5.73. The Balaban J connectivity index is 1.84. The molecule has 1 aromatic heterocycles. The summed E-state index contributed by atoms with van der Waals surface area (Å²) in [5.41, 5.74) is 7.84. The van der Waals surface area contributed by atoms with Crippen molar-refractivity contribution < 1.29 is 9.53 Å². The first-order valence-corrected chi connectivity index (χ1v) is 10.3. The number of hydrogen-bond acceptors (Lipinski definition) is 3. The highest BCUT2D eigenvalue weighted by atomic mass is 16.5. The monoisotopic (exact) mass is 388 g/mol. The SMILES string of the molecule is Cc1ccc(-c2nc3c(C)cc(C)cc3c(C(=O)NCC3CCCO3)c2C)cc1. The first-order chi connectivity index (χ1) is 13.9. The van der Waals surface area contributed by atoms with Crippen molar-refractivity contribution in [2.45, 2.75) is 46.6 Å². The molecule has 1 fully saturated rings. The first kappa shape index (κ1) is 19.6. The summed E-state index contributed by atoms with van der Waals surface area (Å²) in [6.07, 6.45) is 2.18. The van der Waals surface area contributed by atoms with Gasteiger partial charge >= 0.3 is 0 Å². The minimum absolute atomic E-state index is 0.0521. The number of benzene rings is 2. The summed E-state index contributed by atoms with van der Waals surface area (Å²) < 4.78 is 5.67. The zero-order valence-electron chi connectivity index (χ0n) is 17.6. The van der Waals surface area contributed by atoms with Gasteiger partial charge in [-0.15, -0.1) is 0 Å². The second kappa shape index (κ2) is 7.96. The summed E-state index contributed by atoms with van der Waals surface area (Å²) >= 11 is 0. The summed E-state index contributed by atoms with van der Waals surface area (Å²) in [7, 11) is 0. The first-order valence-electron chi connectivity index (χ1n) is 10.3. The Morgan fingerprint density at radius 3 is 2.55 bits per heavy atom. The van der Waals surface area contributed by atoms with Crippen LogP contribution >= 0.6 is 0 Å².